The SMILES string of the molecule is Cl.Fc1ccccc1CCNCc1ccc(OCc2ccccc2)cc1. The largest absolute Gasteiger partial charge is 0.489 e. The Kier molecular flexibility index (Phi) is 8.13. The van der Waals surface area contributed by atoms with E-state index in [-0.39, 0.29) is 18.2 Å². The smallest absolute Gasteiger partial charge is 0.126 e. The standard InChI is InChI=1S/C22H22FNO.ClH/c23-22-9-5-4-8-20(22)14-15-24-16-18-10-12-21(13-11-18)25-17-19-6-2-1-3-7-19;/h1-13,24H,14-17H2;1H. The lowest BCUT2D eigenvalue weighted by molar-refractivity contribution is 0.306. The van der Waals surface area contributed by atoms with Crippen LogP contribution in [-0.4, -0.2) is 6.54 Å². The highest BCUT2D eigenvalue weighted by Gasteiger charge is 2.00. The van der Waals surface area contributed by atoms with E-state index in [1.54, 1.807) is 6.07 Å². The average molecular weight is 372 g/mol. The molecule has 4 heteroatoms. The molecule has 26 heavy (non-hydrogen) atoms. The van der Waals surface area contributed by atoms with E-state index in [0.29, 0.717) is 13.0 Å². The molecule has 1 N–H and O–H groups in total. The van der Waals surface area contributed by atoms with Crippen LogP contribution < -0.4 is 10.1 Å². The summed E-state index contributed by atoms with van der Waals surface area (Å²) < 4.78 is 19.3. The maximum atomic E-state index is 13.5. The van der Waals surface area contributed by atoms with Crippen LogP contribution in [0.1, 0.15) is 16.7 Å². The van der Waals surface area contributed by atoms with E-state index in [4.69, 9.17) is 4.74 Å². The van der Waals surface area contributed by atoms with Crippen LogP contribution in [0.3, 0.4) is 0 Å². The predicted molar refractivity (Wildman–Crippen MR) is 106 cm³/mol. The molecule has 2 nitrogen and oxygen atoms in total. The van der Waals surface area contributed by atoms with Gasteiger partial charge in [-0.25, -0.2) is 4.39 Å². The van der Waals surface area contributed by atoms with E-state index >= 15 is 0 Å². The zero-order chi connectivity index (χ0) is 17.3. The van der Waals surface area contributed by atoms with E-state index in [2.05, 4.69) is 17.4 Å². The lowest BCUT2D eigenvalue weighted by atomic mass is 10.1. The normalized spacial score (nSPS) is 10.2. The molecule has 0 aliphatic rings. The molecule has 136 valence electrons. The fraction of sp³-hybridized carbons (Fsp3) is 0.182. The molecule has 0 aliphatic heterocycles. The van der Waals surface area contributed by atoms with Crippen LogP contribution in [0.15, 0.2) is 78.9 Å². The van der Waals surface area contributed by atoms with Crippen molar-refractivity contribution in [2.75, 3.05) is 6.54 Å². The summed E-state index contributed by atoms with van der Waals surface area (Å²) in [6.07, 6.45) is 0.685. The predicted octanol–water partition coefficient (Wildman–Crippen LogP) is 5.16. The van der Waals surface area contributed by atoms with Crippen molar-refractivity contribution in [1.82, 2.24) is 5.32 Å². The first-order valence-electron chi connectivity index (χ1n) is 8.51. The second-order valence-electron chi connectivity index (χ2n) is 5.94. The summed E-state index contributed by atoms with van der Waals surface area (Å²) in [5.74, 6) is 0.725. The molecule has 0 fully saturated rings. The van der Waals surface area contributed by atoms with Gasteiger partial charge in [0.25, 0.3) is 0 Å². The van der Waals surface area contributed by atoms with Crippen LogP contribution in [0.2, 0.25) is 0 Å². The van der Waals surface area contributed by atoms with Gasteiger partial charge in [0, 0.05) is 6.54 Å². The van der Waals surface area contributed by atoms with Gasteiger partial charge in [0.05, 0.1) is 0 Å². The van der Waals surface area contributed by atoms with Crippen molar-refractivity contribution < 1.29 is 9.13 Å². The van der Waals surface area contributed by atoms with Crippen LogP contribution in [-0.2, 0) is 19.6 Å². The first-order chi connectivity index (χ1) is 12.3. The van der Waals surface area contributed by atoms with Crippen LogP contribution in [0.4, 0.5) is 4.39 Å². The van der Waals surface area contributed by atoms with Crippen molar-refractivity contribution in [3.63, 3.8) is 0 Å². The molecule has 0 saturated heterocycles. The van der Waals surface area contributed by atoms with E-state index in [1.807, 2.05) is 54.6 Å². The lowest BCUT2D eigenvalue weighted by Crippen LogP contribution is -2.17. The van der Waals surface area contributed by atoms with Gasteiger partial charge in [0.2, 0.25) is 0 Å². The molecule has 3 aromatic rings. The maximum Gasteiger partial charge on any atom is 0.126 e. The van der Waals surface area contributed by atoms with Gasteiger partial charge in [-0.2, -0.15) is 0 Å². The molecular weight excluding hydrogens is 349 g/mol. The van der Waals surface area contributed by atoms with Gasteiger partial charge in [-0.1, -0.05) is 60.7 Å². The van der Waals surface area contributed by atoms with Crippen LogP contribution in [0.5, 0.6) is 5.75 Å². The van der Waals surface area contributed by atoms with Crippen LogP contribution >= 0.6 is 12.4 Å². The Labute approximate surface area is 160 Å². The summed E-state index contributed by atoms with van der Waals surface area (Å²) in [6.45, 7) is 2.07. The summed E-state index contributed by atoms with van der Waals surface area (Å²) in [4.78, 5) is 0. The Hall–Kier alpha value is -2.36. The lowest BCUT2D eigenvalue weighted by Gasteiger charge is -2.09. The zero-order valence-corrected chi connectivity index (χ0v) is 15.3. The van der Waals surface area contributed by atoms with E-state index in [1.165, 1.54) is 11.6 Å². The number of ether oxygens (including phenoxy) is 1. The second kappa shape index (κ2) is 10.6. The summed E-state index contributed by atoms with van der Waals surface area (Å²) >= 11 is 0. The molecule has 3 rings (SSSR count). The van der Waals surface area contributed by atoms with E-state index < -0.39 is 0 Å². The quantitative estimate of drug-likeness (QED) is 0.552. The molecule has 0 radical (unpaired) electrons. The van der Waals surface area contributed by atoms with Gasteiger partial charge in [0.1, 0.15) is 18.2 Å². The van der Waals surface area contributed by atoms with Gasteiger partial charge in [0.15, 0.2) is 0 Å². The highest BCUT2D eigenvalue weighted by atomic mass is 35.5. The minimum absolute atomic E-state index is 0. The Morgan fingerprint density at radius 2 is 1.46 bits per heavy atom. The Morgan fingerprint density at radius 1 is 0.769 bits per heavy atom. The molecule has 0 amide bonds. The van der Waals surface area contributed by atoms with E-state index in [9.17, 15) is 4.39 Å². The average Bonchev–Trinajstić information content (AvgIpc) is 2.67. The van der Waals surface area contributed by atoms with E-state index in [0.717, 1.165) is 30.0 Å². The topological polar surface area (TPSA) is 21.3 Å². The minimum atomic E-state index is -0.135. The van der Waals surface area contributed by atoms with Crippen molar-refractivity contribution in [2.24, 2.45) is 0 Å². The molecule has 0 atom stereocenters. The summed E-state index contributed by atoms with van der Waals surface area (Å²) in [5.41, 5.74) is 3.08. The van der Waals surface area contributed by atoms with Crippen LogP contribution in [0.25, 0.3) is 0 Å². The number of rotatable bonds is 8. The van der Waals surface area contributed by atoms with Gasteiger partial charge < -0.3 is 10.1 Å². The number of hydrogen-bond acceptors (Lipinski definition) is 2. The van der Waals surface area contributed by atoms with Gasteiger partial charge in [-0.05, 0) is 47.9 Å². The number of nitrogens with one attached hydrogen (secondary N) is 1. The second-order valence-corrected chi connectivity index (χ2v) is 5.94. The molecule has 0 saturated carbocycles. The molecule has 0 aromatic heterocycles. The first kappa shape index (κ1) is 20.0. The van der Waals surface area contributed by atoms with Gasteiger partial charge in [-0.3, -0.25) is 0 Å². The maximum absolute atomic E-state index is 13.5. The van der Waals surface area contributed by atoms with Gasteiger partial charge in [-0.15, -0.1) is 12.4 Å². The highest BCUT2D eigenvalue weighted by molar-refractivity contribution is 5.85. The van der Waals surface area contributed by atoms with Crippen molar-refractivity contribution in [3.8, 4) is 5.75 Å². The third-order valence-corrected chi connectivity index (χ3v) is 4.03. The molecule has 0 aliphatic carbocycles. The Morgan fingerprint density at radius 3 is 2.19 bits per heavy atom. The first-order valence-corrected chi connectivity index (χ1v) is 8.51. The number of benzene rings is 3. The summed E-state index contributed by atoms with van der Waals surface area (Å²) in [7, 11) is 0. The molecule has 0 unspecified atom stereocenters. The molecule has 3 aromatic carbocycles. The minimum Gasteiger partial charge on any atom is -0.489 e. The van der Waals surface area contributed by atoms with Crippen molar-refractivity contribution in [1.29, 1.82) is 0 Å². The Balaban J connectivity index is 0.00000243. The fourth-order valence-electron chi connectivity index (χ4n) is 2.60. The van der Waals surface area contributed by atoms with Gasteiger partial charge >= 0.3 is 0 Å². The number of halogens is 2. The monoisotopic (exact) mass is 371 g/mol. The zero-order valence-electron chi connectivity index (χ0n) is 14.5. The van der Waals surface area contributed by atoms with Crippen molar-refractivity contribution in [3.05, 3.63) is 101 Å². The number of hydrogen-bond donors (Lipinski definition) is 1. The summed E-state index contributed by atoms with van der Waals surface area (Å²) in [5, 5.41) is 3.35. The third kappa shape index (κ3) is 6.17. The van der Waals surface area contributed by atoms with Crippen molar-refractivity contribution >= 4 is 12.4 Å². The molecular formula is C22H23ClFNO. The highest BCUT2D eigenvalue weighted by Crippen LogP contribution is 2.14. The fourth-order valence-corrected chi connectivity index (χ4v) is 2.60. The Bertz CT molecular complexity index is 778. The third-order valence-electron chi connectivity index (χ3n) is 4.03. The molecule has 0 spiro atoms. The molecule has 0 heterocycles. The van der Waals surface area contributed by atoms with Crippen molar-refractivity contribution in [2.45, 2.75) is 19.6 Å². The van der Waals surface area contributed by atoms with Crippen LogP contribution in [0, 0.1) is 5.82 Å². The summed E-state index contributed by atoms with van der Waals surface area (Å²) in [6, 6.07) is 25.1. The molecule has 0 bridgehead atoms.